The summed E-state index contributed by atoms with van der Waals surface area (Å²) in [5.41, 5.74) is 7.96. The number of hydrogen-bond donors (Lipinski definition) is 2. The quantitative estimate of drug-likeness (QED) is 0.842. The van der Waals surface area contributed by atoms with E-state index in [0.29, 0.717) is 18.0 Å². The maximum absolute atomic E-state index is 12.3. The second-order valence-corrected chi connectivity index (χ2v) is 6.58. The molecule has 3 N–H and O–H groups in total. The normalized spacial score (nSPS) is 15.1. The molecule has 0 unspecified atom stereocenters. The predicted molar refractivity (Wildman–Crippen MR) is 89.5 cm³/mol. The molecule has 0 atom stereocenters. The molecule has 2 rings (SSSR count). The lowest BCUT2D eigenvalue weighted by Crippen LogP contribution is -2.31. The molecule has 0 aromatic heterocycles. The molecule has 0 spiro atoms. The van der Waals surface area contributed by atoms with E-state index in [2.05, 4.69) is 17.2 Å². The van der Waals surface area contributed by atoms with Crippen molar-refractivity contribution < 1.29 is 4.79 Å². The molecule has 1 heterocycles. The third-order valence-corrected chi connectivity index (χ3v) is 4.62. The number of aryl methyl sites for hydroxylation is 1. The summed E-state index contributed by atoms with van der Waals surface area (Å²) in [7, 11) is 0. The Bertz CT molecular complexity index is 554. The van der Waals surface area contributed by atoms with E-state index in [1.165, 1.54) is 24.3 Å². The van der Waals surface area contributed by atoms with E-state index in [1.54, 1.807) is 0 Å². The van der Waals surface area contributed by atoms with Gasteiger partial charge in [0.25, 0.3) is 5.91 Å². The molecule has 3 nitrogen and oxygen atoms in total. The molecule has 1 aromatic carbocycles. The van der Waals surface area contributed by atoms with Crippen LogP contribution < -0.4 is 11.1 Å². The lowest BCUT2D eigenvalue weighted by atomic mass is 10.0. The average Bonchev–Trinajstić information content (AvgIpc) is 2.51. The largest absolute Gasteiger partial charge is 0.352 e. The van der Waals surface area contributed by atoms with Gasteiger partial charge in [-0.1, -0.05) is 11.8 Å². The summed E-state index contributed by atoms with van der Waals surface area (Å²) in [4.78, 5) is 12.3. The van der Waals surface area contributed by atoms with E-state index < -0.39 is 0 Å². The van der Waals surface area contributed by atoms with Gasteiger partial charge in [-0.25, -0.2) is 0 Å². The van der Waals surface area contributed by atoms with Gasteiger partial charge in [-0.2, -0.15) is 11.8 Å². The van der Waals surface area contributed by atoms with Crippen LogP contribution in [-0.2, 0) is 0 Å². The van der Waals surface area contributed by atoms with E-state index in [4.69, 9.17) is 5.73 Å². The molecule has 4 heteroatoms. The summed E-state index contributed by atoms with van der Waals surface area (Å²) >= 11 is 2.00. The molecule has 0 aliphatic carbocycles. The van der Waals surface area contributed by atoms with Crippen LogP contribution in [0.1, 0.15) is 34.3 Å². The van der Waals surface area contributed by atoms with Crippen molar-refractivity contribution in [1.82, 2.24) is 5.32 Å². The molecule has 112 valence electrons. The topological polar surface area (TPSA) is 55.1 Å². The van der Waals surface area contributed by atoms with Crippen molar-refractivity contribution in [2.45, 2.75) is 19.8 Å². The van der Waals surface area contributed by atoms with Crippen molar-refractivity contribution >= 4 is 17.7 Å². The van der Waals surface area contributed by atoms with Crippen molar-refractivity contribution in [3.8, 4) is 11.8 Å². The van der Waals surface area contributed by atoms with Gasteiger partial charge in [0.15, 0.2) is 0 Å². The number of rotatable bonds is 3. The molecule has 1 fully saturated rings. The number of benzene rings is 1. The number of carbonyl (C=O) groups excluding carboxylic acids is 1. The highest BCUT2D eigenvalue weighted by Gasteiger charge is 2.15. The van der Waals surface area contributed by atoms with E-state index in [0.717, 1.165) is 17.7 Å². The maximum atomic E-state index is 12.3. The van der Waals surface area contributed by atoms with Crippen LogP contribution in [0.15, 0.2) is 18.2 Å². The summed E-state index contributed by atoms with van der Waals surface area (Å²) < 4.78 is 0. The first-order chi connectivity index (χ1) is 10.2. The van der Waals surface area contributed by atoms with Crippen LogP contribution in [0.4, 0.5) is 0 Å². The maximum Gasteiger partial charge on any atom is 0.251 e. The smallest absolute Gasteiger partial charge is 0.251 e. The SMILES string of the molecule is Cc1cc(C#CCN)cc(C(=O)NCC2CCSCC2)c1. The molecule has 0 bridgehead atoms. The summed E-state index contributed by atoms with van der Waals surface area (Å²) in [5.74, 6) is 8.85. The Morgan fingerprint density at radius 2 is 2.14 bits per heavy atom. The van der Waals surface area contributed by atoms with Gasteiger partial charge in [-0.3, -0.25) is 4.79 Å². The van der Waals surface area contributed by atoms with E-state index >= 15 is 0 Å². The van der Waals surface area contributed by atoms with E-state index in [9.17, 15) is 4.79 Å². The number of hydrogen-bond acceptors (Lipinski definition) is 3. The molecular formula is C17H22N2OS. The minimum absolute atomic E-state index is 0.00674. The van der Waals surface area contributed by atoms with Gasteiger partial charge in [0, 0.05) is 17.7 Å². The Morgan fingerprint density at radius 3 is 2.86 bits per heavy atom. The zero-order chi connectivity index (χ0) is 15.1. The standard InChI is InChI=1S/C17H22N2OS/c1-13-9-15(3-2-6-18)11-16(10-13)17(20)19-12-14-4-7-21-8-5-14/h9-11,14H,4-8,12,18H2,1H3,(H,19,20). The van der Waals surface area contributed by atoms with Crippen LogP contribution in [-0.4, -0.2) is 30.5 Å². The van der Waals surface area contributed by atoms with Gasteiger partial charge >= 0.3 is 0 Å². The number of thioether (sulfide) groups is 1. The third-order valence-electron chi connectivity index (χ3n) is 3.57. The lowest BCUT2D eigenvalue weighted by Gasteiger charge is -2.21. The number of carbonyl (C=O) groups is 1. The van der Waals surface area contributed by atoms with Gasteiger partial charge in [0.05, 0.1) is 6.54 Å². The average molecular weight is 302 g/mol. The highest BCUT2D eigenvalue weighted by molar-refractivity contribution is 7.99. The first-order valence-corrected chi connectivity index (χ1v) is 8.51. The minimum atomic E-state index is -0.00674. The highest BCUT2D eigenvalue weighted by atomic mass is 32.2. The first kappa shape index (κ1) is 15.9. The third kappa shape index (κ3) is 5.11. The van der Waals surface area contributed by atoms with Gasteiger partial charge < -0.3 is 11.1 Å². The first-order valence-electron chi connectivity index (χ1n) is 7.35. The Kier molecular flexibility index (Phi) is 6.16. The van der Waals surface area contributed by atoms with Gasteiger partial charge in [0.2, 0.25) is 0 Å². The second-order valence-electron chi connectivity index (χ2n) is 5.36. The summed E-state index contributed by atoms with van der Waals surface area (Å²) in [6.45, 7) is 3.08. The Labute approximate surface area is 131 Å². The molecule has 0 saturated carbocycles. The van der Waals surface area contributed by atoms with Crippen molar-refractivity contribution in [3.63, 3.8) is 0 Å². The van der Waals surface area contributed by atoms with Crippen LogP contribution in [0.3, 0.4) is 0 Å². The van der Waals surface area contributed by atoms with Gasteiger partial charge in [0.1, 0.15) is 0 Å². The van der Waals surface area contributed by atoms with Crippen LogP contribution in [0, 0.1) is 24.7 Å². The minimum Gasteiger partial charge on any atom is -0.352 e. The fourth-order valence-electron chi connectivity index (χ4n) is 2.43. The summed E-state index contributed by atoms with van der Waals surface area (Å²) in [5, 5.41) is 3.06. The fourth-order valence-corrected chi connectivity index (χ4v) is 3.63. The highest BCUT2D eigenvalue weighted by Crippen LogP contribution is 2.22. The Hall–Kier alpha value is -1.44. The van der Waals surface area contributed by atoms with Crippen LogP contribution in [0.25, 0.3) is 0 Å². The molecule has 21 heavy (non-hydrogen) atoms. The van der Waals surface area contributed by atoms with Crippen LogP contribution in [0.5, 0.6) is 0 Å². The predicted octanol–water partition coefficient (Wildman–Crippen LogP) is 2.18. The van der Waals surface area contributed by atoms with Crippen LogP contribution >= 0.6 is 11.8 Å². The molecule has 1 aromatic rings. The van der Waals surface area contributed by atoms with Crippen molar-refractivity contribution in [2.24, 2.45) is 11.7 Å². The number of amides is 1. The number of nitrogens with two attached hydrogens (primary N) is 1. The fraction of sp³-hybridized carbons (Fsp3) is 0.471. The van der Waals surface area contributed by atoms with E-state index in [-0.39, 0.29) is 5.91 Å². The molecule has 1 aliphatic heterocycles. The molecule has 0 radical (unpaired) electrons. The molecular weight excluding hydrogens is 280 g/mol. The monoisotopic (exact) mass is 302 g/mol. The lowest BCUT2D eigenvalue weighted by molar-refractivity contribution is 0.0946. The van der Waals surface area contributed by atoms with Gasteiger partial charge in [-0.05, 0) is 61.0 Å². The zero-order valence-corrected chi connectivity index (χ0v) is 13.3. The van der Waals surface area contributed by atoms with Crippen molar-refractivity contribution in [2.75, 3.05) is 24.6 Å². The Morgan fingerprint density at radius 1 is 1.38 bits per heavy atom. The van der Waals surface area contributed by atoms with Crippen molar-refractivity contribution in [3.05, 3.63) is 34.9 Å². The molecule has 1 saturated heterocycles. The van der Waals surface area contributed by atoms with Crippen LogP contribution in [0.2, 0.25) is 0 Å². The van der Waals surface area contributed by atoms with Crippen molar-refractivity contribution in [1.29, 1.82) is 0 Å². The summed E-state index contributed by atoms with van der Waals surface area (Å²) in [6, 6.07) is 5.71. The summed E-state index contributed by atoms with van der Waals surface area (Å²) in [6.07, 6.45) is 2.40. The number of nitrogens with one attached hydrogen (secondary N) is 1. The second kappa shape index (κ2) is 8.11. The van der Waals surface area contributed by atoms with E-state index in [1.807, 2.05) is 36.9 Å². The molecule has 1 amide bonds. The Balaban J connectivity index is 1.99. The van der Waals surface area contributed by atoms with Gasteiger partial charge in [-0.15, -0.1) is 0 Å². The molecule has 1 aliphatic rings. The zero-order valence-electron chi connectivity index (χ0n) is 12.4.